The molecule has 0 aliphatic heterocycles. The third-order valence-electron chi connectivity index (χ3n) is 4.26. The predicted molar refractivity (Wildman–Crippen MR) is 81.0 cm³/mol. The van der Waals surface area contributed by atoms with Gasteiger partial charge in [-0.25, -0.2) is 0 Å². The Balaban J connectivity index is 1.85. The topological polar surface area (TPSA) is 0 Å². The monoisotopic (exact) mass is 314 g/mol. The van der Waals surface area contributed by atoms with Crippen molar-refractivity contribution in [1.82, 2.24) is 0 Å². The molecule has 1 fully saturated rings. The molecule has 3 atom stereocenters. The fraction of sp³-hybridized carbons (Fsp3) is 0.733. The molecule has 1 heterocycles. The van der Waals surface area contributed by atoms with Crippen LogP contribution in [0.1, 0.15) is 45.1 Å². The van der Waals surface area contributed by atoms with Gasteiger partial charge < -0.3 is 0 Å². The van der Waals surface area contributed by atoms with Gasteiger partial charge in [-0.3, -0.25) is 0 Å². The van der Waals surface area contributed by atoms with E-state index in [-0.39, 0.29) is 0 Å². The molecule has 0 nitrogen and oxygen atoms in total. The lowest BCUT2D eigenvalue weighted by Crippen LogP contribution is -2.28. The molecule has 2 heteroatoms. The highest BCUT2D eigenvalue weighted by atomic mass is 79.9. The highest BCUT2D eigenvalue weighted by Gasteiger charge is 2.29. The van der Waals surface area contributed by atoms with E-state index in [1.165, 1.54) is 37.7 Å². The van der Waals surface area contributed by atoms with Crippen LogP contribution in [-0.2, 0) is 6.42 Å². The van der Waals surface area contributed by atoms with Gasteiger partial charge in [0.25, 0.3) is 0 Å². The van der Waals surface area contributed by atoms with Gasteiger partial charge in [-0.2, -0.15) is 11.3 Å². The van der Waals surface area contributed by atoms with E-state index in [2.05, 4.69) is 46.6 Å². The quantitative estimate of drug-likeness (QED) is 0.642. The summed E-state index contributed by atoms with van der Waals surface area (Å²) in [7, 11) is 0. The van der Waals surface area contributed by atoms with E-state index in [9.17, 15) is 0 Å². The van der Waals surface area contributed by atoms with Crippen LogP contribution in [0.25, 0.3) is 0 Å². The van der Waals surface area contributed by atoms with Crippen LogP contribution in [-0.4, -0.2) is 4.83 Å². The van der Waals surface area contributed by atoms with Crippen LogP contribution in [0.4, 0.5) is 0 Å². The van der Waals surface area contributed by atoms with Crippen molar-refractivity contribution in [2.75, 3.05) is 0 Å². The highest BCUT2D eigenvalue weighted by Crippen LogP contribution is 2.39. The van der Waals surface area contributed by atoms with Crippen LogP contribution in [0.15, 0.2) is 16.8 Å². The standard InChI is InChI=1S/C15H23BrS/c1-11(2)13-5-6-15(16)14(9-13)4-3-12-7-8-17-10-12/h7-8,10-11,13-15H,3-6,9H2,1-2H3. The van der Waals surface area contributed by atoms with Gasteiger partial charge in [0.05, 0.1) is 0 Å². The second kappa shape index (κ2) is 6.38. The smallest absolute Gasteiger partial charge is 0.0174 e. The van der Waals surface area contributed by atoms with Crippen molar-refractivity contribution < 1.29 is 0 Å². The Bertz CT molecular complexity index is 318. The Labute approximate surface area is 118 Å². The summed E-state index contributed by atoms with van der Waals surface area (Å²) in [5, 5.41) is 4.49. The summed E-state index contributed by atoms with van der Waals surface area (Å²) in [4.78, 5) is 0.760. The zero-order valence-electron chi connectivity index (χ0n) is 10.9. The predicted octanol–water partition coefficient (Wildman–Crippen LogP) is 5.52. The van der Waals surface area contributed by atoms with Crippen LogP contribution in [0, 0.1) is 17.8 Å². The van der Waals surface area contributed by atoms with Crippen molar-refractivity contribution in [3.05, 3.63) is 22.4 Å². The molecule has 0 amide bonds. The van der Waals surface area contributed by atoms with Gasteiger partial charge in [0, 0.05) is 4.83 Å². The third-order valence-corrected chi connectivity index (χ3v) is 6.19. The molecule has 0 bridgehead atoms. The van der Waals surface area contributed by atoms with Crippen molar-refractivity contribution in [3.8, 4) is 0 Å². The minimum Gasteiger partial charge on any atom is -0.152 e. The van der Waals surface area contributed by atoms with Crippen molar-refractivity contribution in [1.29, 1.82) is 0 Å². The molecular weight excluding hydrogens is 292 g/mol. The summed E-state index contributed by atoms with van der Waals surface area (Å²) in [6.45, 7) is 4.77. The van der Waals surface area contributed by atoms with E-state index < -0.39 is 0 Å². The van der Waals surface area contributed by atoms with E-state index in [0.29, 0.717) is 0 Å². The van der Waals surface area contributed by atoms with Crippen LogP contribution in [0.3, 0.4) is 0 Å². The normalized spacial score (nSPS) is 29.8. The van der Waals surface area contributed by atoms with Crippen molar-refractivity contribution in [3.63, 3.8) is 0 Å². The first kappa shape index (κ1) is 13.6. The Morgan fingerprint density at radius 3 is 2.88 bits per heavy atom. The van der Waals surface area contributed by atoms with E-state index in [1.807, 2.05) is 11.3 Å². The molecule has 1 aliphatic carbocycles. The molecule has 0 radical (unpaired) electrons. The molecule has 96 valence electrons. The van der Waals surface area contributed by atoms with E-state index in [4.69, 9.17) is 0 Å². The fourth-order valence-electron chi connectivity index (χ4n) is 2.95. The number of thiophene rings is 1. The number of hydrogen-bond acceptors (Lipinski definition) is 1. The van der Waals surface area contributed by atoms with Crippen LogP contribution in [0.5, 0.6) is 0 Å². The average molecular weight is 315 g/mol. The Morgan fingerprint density at radius 2 is 2.24 bits per heavy atom. The second-order valence-electron chi connectivity index (χ2n) is 5.76. The molecule has 17 heavy (non-hydrogen) atoms. The van der Waals surface area contributed by atoms with Crippen LogP contribution >= 0.6 is 27.3 Å². The molecule has 0 spiro atoms. The summed E-state index contributed by atoms with van der Waals surface area (Å²) in [5.74, 6) is 2.70. The maximum Gasteiger partial charge on any atom is 0.0174 e. The number of halogens is 1. The number of alkyl halides is 1. The first-order valence-electron chi connectivity index (χ1n) is 6.82. The average Bonchev–Trinajstić information content (AvgIpc) is 2.80. The van der Waals surface area contributed by atoms with E-state index in [1.54, 1.807) is 0 Å². The summed E-state index contributed by atoms with van der Waals surface area (Å²) >= 11 is 5.72. The molecule has 1 aromatic heterocycles. The van der Waals surface area contributed by atoms with Gasteiger partial charge in [0.1, 0.15) is 0 Å². The molecular formula is C15H23BrS. The maximum atomic E-state index is 3.90. The molecule has 0 saturated heterocycles. The molecule has 3 unspecified atom stereocenters. The molecule has 0 N–H and O–H groups in total. The lowest BCUT2D eigenvalue weighted by molar-refractivity contribution is 0.216. The summed E-state index contributed by atoms with van der Waals surface area (Å²) in [5.41, 5.74) is 1.53. The number of hydrogen-bond donors (Lipinski definition) is 0. The summed E-state index contributed by atoms with van der Waals surface area (Å²) in [6, 6.07) is 2.27. The minimum atomic E-state index is 0.760. The van der Waals surface area contributed by atoms with Crippen molar-refractivity contribution >= 4 is 27.3 Å². The van der Waals surface area contributed by atoms with E-state index in [0.717, 1.165) is 22.6 Å². The first-order chi connectivity index (χ1) is 8.16. The van der Waals surface area contributed by atoms with Gasteiger partial charge in [-0.05, 0) is 72.2 Å². The Hall–Kier alpha value is 0.180. The number of aryl methyl sites for hydroxylation is 1. The fourth-order valence-corrected chi connectivity index (χ4v) is 4.40. The third kappa shape index (κ3) is 3.82. The second-order valence-corrected chi connectivity index (χ2v) is 7.72. The zero-order chi connectivity index (χ0) is 12.3. The number of rotatable bonds is 4. The highest BCUT2D eigenvalue weighted by molar-refractivity contribution is 9.09. The van der Waals surface area contributed by atoms with Gasteiger partial charge in [-0.1, -0.05) is 29.8 Å². The van der Waals surface area contributed by atoms with Gasteiger partial charge in [-0.15, -0.1) is 0 Å². The maximum absolute atomic E-state index is 3.90. The first-order valence-corrected chi connectivity index (χ1v) is 8.67. The van der Waals surface area contributed by atoms with E-state index >= 15 is 0 Å². The molecule has 1 aliphatic rings. The molecule has 2 rings (SSSR count). The largest absolute Gasteiger partial charge is 0.152 e. The SMILES string of the molecule is CC(C)C1CCC(Br)C(CCc2ccsc2)C1. The van der Waals surface area contributed by atoms with Gasteiger partial charge >= 0.3 is 0 Å². The molecule has 1 saturated carbocycles. The van der Waals surface area contributed by atoms with Gasteiger partial charge in [0.2, 0.25) is 0 Å². The summed E-state index contributed by atoms with van der Waals surface area (Å²) in [6.07, 6.45) is 6.84. The zero-order valence-corrected chi connectivity index (χ0v) is 13.3. The molecule has 0 aromatic carbocycles. The summed E-state index contributed by atoms with van der Waals surface area (Å²) < 4.78 is 0. The Morgan fingerprint density at radius 1 is 1.41 bits per heavy atom. The van der Waals surface area contributed by atoms with Gasteiger partial charge in [0.15, 0.2) is 0 Å². The van der Waals surface area contributed by atoms with Crippen LogP contribution in [0.2, 0.25) is 0 Å². The Kier molecular flexibility index (Phi) is 5.10. The lowest BCUT2D eigenvalue weighted by atomic mass is 9.74. The van der Waals surface area contributed by atoms with Crippen LogP contribution < -0.4 is 0 Å². The molecule has 1 aromatic rings. The van der Waals surface area contributed by atoms with Crippen molar-refractivity contribution in [2.24, 2.45) is 17.8 Å². The lowest BCUT2D eigenvalue weighted by Gasteiger charge is -2.35. The van der Waals surface area contributed by atoms with Crippen molar-refractivity contribution in [2.45, 2.75) is 50.8 Å². The minimum absolute atomic E-state index is 0.760.